The predicted octanol–water partition coefficient (Wildman–Crippen LogP) is 5.90. The molecule has 208 valence electrons. The number of thiazole rings is 1. The molecule has 2 aromatic carbocycles. The number of likely N-dealkylation sites (tertiary alicyclic amines) is 1. The summed E-state index contributed by atoms with van der Waals surface area (Å²) in [6, 6.07) is 17.0. The first-order valence-electron chi connectivity index (χ1n) is 13.8. The van der Waals surface area contributed by atoms with Crippen molar-refractivity contribution in [2.24, 2.45) is 5.92 Å². The summed E-state index contributed by atoms with van der Waals surface area (Å²) in [6.45, 7) is 8.19. The van der Waals surface area contributed by atoms with Gasteiger partial charge in [0.2, 0.25) is 5.91 Å². The molecule has 0 spiro atoms. The second kappa shape index (κ2) is 11.9. The number of rotatable bonds is 9. The molecule has 4 aromatic rings. The SMILES string of the molecule is Cc1ncsc1-c1ccc([C@H](C)CC(=O)[C@@H]2C[C@@H](O)CN2C(=O)[C@H](C(C)C)n2cnc(-c3ccccc3)c2)cc1. The van der Waals surface area contributed by atoms with Crippen LogP contribution in [0, 0.1) is 12.8 Å². The molecule has 1 saturated heterocycles. The Labute approximate surface area is 239 Å². The van der Waals surface area contributed by atoms with Gasteiger partial charge < -0.3 is 14.6 Å². The van der Waals surface area contributed by atoms with Crippen LogP contribution in [0.5, 0.6) is 0 Å². The van der Waals surface area contributed by atoms with Crippen LogP contribution in [-0.2, 0) is 9.59 Å². The summed E-state index contributed by atoms with van der Waals surface area (Å²) >= 11 is 1.62. The first-order valence-corrected chi connectivity index (χ1v) is 14.7. The molecule has 4 atom stereocenters. The quantitative estimate of drug-likeness (QED) is 0.277. The highest BCUT2D eigenvalue weighted by Gasteiger charge is 2.42. The van der Waals surface area contributed by atoms with E-state index >= 15 is 0 Å². The highest BCUT2D eigenvalue weighted by atomic mass is 32.1. The molecule has 0 saturated carbocycles. The van der Waals surface area contributed by atoms with Crippen molar-refractivity contribution in [2.75, 3.05) is 6.54 Å². The summed E-state index contributed by atoms with van der Waals surface area (Å²) in [6.07, 6.45) is 3.43. The maximum atomic E-state index is 13.9. The lowest BCUT2D eigenvalue weighted by atomic mass is 9.91. The maximum absolute atomic E-state index is 13.9. The number of aliphatic hydroxyl groups excluding tert-OH is 1. The van der Waals surface area contributed by atoms with Gasteiger partial charge in [-0.2, -0.15) is 0 Å². The van der Waals surface area contributed by atoms with E-state index in [0.717, 1.165) is 33.0 Å². The van der Waals surface area contributed by atoms with Gasteiger partial charge in [0, 0.05) is 31.1 Å². The number of carbonyl (C=O) groups is 2. The Morgan fingerprint density at radius 3 is 2.40 bits per heavy atom. The van der Waals surface area contributed by atoms with Gasteiger partial charge in [0.25, 0.3) is 0 Å². The molecule has 0 bridgehead atoms. The zero-order chi connectivity index (χ0) is 28.4. The monoisotopic (exact) mass is 556 g/mol. The number of aromatic nitrogens is 3. The number of imidazole rings is 1. The minimum Gasteiger partial charge on any atom is -0.391 e. The van der Waals surface area contributed by atoms with Crippen molar-refractivity contribution in [1.82, 2.24) is 19.4 Å². The fraction of sp³-hybridized carbons (Fsp3) is 0.375. The number of aliphatic hydroxyl groups is 1. The highest BCUT2D eigenvalue weighted by molar-refractivity contribution is 7.13. The van der Waals surface area contributed by atoms with Crippen LogP contribution in [0.2, 0.25) is 0 Å². The second-order valence-corrected chi connectivity index (χ2v) is 12.0. The number of Topliss-reactive ketones (excluding diaryl/α,β-unsaturated/α-hetero) is 1. The van der Waals surface area contributed by atoms with Crippen LogP contribution in [0.15, 0.2) is 72.6 Å². The average molecular weight is 557 g/mol. The molecule has 1 amide bonds. The maximum Gasteiger partial charge on any atom is 0.246 e. The number of benzene rings is 2. The molecule has 5 rings (SSSR count). The van der Waals surface area contributed by atoms with E-state index in [-0.39, 0.29) is 36.5 Å². The smallest absolute Gasteiger partial charge is 0.246 e. The molecule has 0 radical (unpaired) electrons. The molecule has 2 aromatic heterocycles. The molecule has 1 aliphatic heterocycles. The summed E-state index contributed by atoms with van der Waals surface area (Å²) in [5.74, 6) is -0.211. The van der Waals surface area contributed by atoms with Crippen molar-refractivity contribution < 1.29 is 14.7 Å². The standard InChI is InChI=1S/C32H36N4O3S/c1-20(2)30(35-17-27(33-18-35)24-8-6-5-7-9-24)32(39)36-16-26(37)15-28(36)29(38)14-21(3)23-10-12-25(13-11-23)31-22(4)34-19-40-31/h5-13,17-21,26,28,30,37H,14-16H2,1-4H3/t21-,26-,28+,30+/m1/s1. The van der Waals surface area contributed by atoms with Crippen LogP contribution < -0.4 is 0 Å². The van der Waals surface area contributed by atoms with Crippen LogP contribution in [0.25, 0.3) is 21.7 Å². The minimum atomic E-state index is -0.717. The number of hydrogen-bond acceptors (Lipinski definition) is 6. The van der Waals surface area contributed by atoms with E-state index < -0.39 is 18.2 Å². The van der Waals surface area contributed by atoms with Gasteiger partial charge in [0.1, 0.15) is 6.04 Å². The van der Waals surface area contributed by atoms with E-state index in [2.05, 4.69) is 34.2 Å². The van der Waals surface area contributed by atoms with Crippen LogP contribution in [0.4, 0.5) is 0 Å². The van der Waals surface area contributed by atoms with E-state index in [1.165, 1.54) is 0 Å². The van der Waals surface area contributed by atoms with E-state index in [1.54, 1.807) is 22.6 Å². The lowest BCUT2D eigenvalue weighted by Gasteiger charge is -2.31. The van der Waals surface area contributed by atoms with Crippen LogP contribution >= 0.6 is 11.3 Å². The predicted molar refractivity (Wildman–Crippen MR) is 158 cm³/mol. The fourth-order valence-electron chi connectivity index (χ4n) is 5.63. The Morgan fingerprint density at radius 1 is 1.02 bits per heavy atom. The van der Waals surface area contributed by atoms with E-state index in [0.29, 0.717) is 6.42 Å². The van der Waals surface area contributed by atoms with Crippen LogP contribution in [0.3, 0.4) is 0 Å². The van der Waals surface area contributed by atoms with Gasteiger partial charge in [0.05, 0.1) is 40.2 Å². The molecular formula is C32H36N4O3S. The summed E-state index contributed by atoms with van der Waals surface area (Å²) in [5, 5.41) is 10.5. The average Bonchev–Trinajstić information content (AvgIpc) is 3.69. The largest absolute Gasteiger partial charge is 0.391 e. The summed E-state index contributed by atoms with van der Waals surface area (Å²) < 4.78 is 1.84. The molecule has 8 heteroatoms. The third-order valence-electron chi connectivity index (χ3n) is 7.81. The molecule has 1 N–H and O–H groups in total. The molecular weight excluding hydrogens is 520 g/mol. The Balaban J connectivity index is 1.30. The van der Waals surface area contributed by atoms with Crippen molar-refractivity contribution in [3.63, 3.8) is 0 Å². The second-order valence-electron chi connectivity index (χ2n) is 11.1. The Hall–Kier alpha value is -3.62. The van der Waals surface area contributed by atoms with E-state index in [4.69, 9.17) is 0 Å². The van der Waals surface area contributed by atoms with Crippen molar-refractivity contribution in [3.05, 3.63) is 83.9 Å². The number of ketones is 1. The summed E-state index contributed by atoms with van der Waals surface area (Å²) in [5.41, 5.74) is 6.82. The molecule has 0 unspecified atom stereocenters. The molecule has 0 aliphatic carbocycles. The summed E-state index contributed by atoms with van der Waals surface area (Å²) in [7, 11) is 0. The number of β-amino-alcohol motifs (C(OH)–C–C–N with tert-alkyl or cyclic N) is 1. The van der Waals surface area contributed by atoms with Crippen molar-refractivity contribution in [1.29, 1.82) is 0 Å². The molecule has 3 heterocycles. The van der Waals surface area contributed by atoms with Crippen LogP contribution in [-0.4, -0.2) is 54.9 Å². The number of nitrogens with zero attached hydrogens (tertiary/aromatic N) is 4. The first-order chi connectivity index (χ1) is 19.2. The molecule has 40 heavy (non-hydrogen) atoms. The van der Waals surface area contributed by atoms with Crippen molar-refractivity contribution >= 4 is 23.0 Å². The minimum absolute atomic E-state index is 0.0122. The third kappa shape index (κ3) is 5.78. The fourth-order valence-corrected chi connectivity index (χ4v) is 6.45. The van der Waals surface area contributed by atoms with Gasteiger partial charge in [-0.1, -0.05) is 75.4 Å². The topological polar surface area (TPSA) is 88.3 Å². The number of amides is 1. The first kappa shape index (κ1) is 27.9. The number of aryl methyl sites for hydroxylation is 1. The Morgan fingerprint density at radius 2 is 1.75 bits per heavy atom. The van der Waals surface area contributed by atoms with Crippen LogP contribution in [0.1, 0.15) is 56.8 Å². The van der Waals surface area contributed by atoms with Gasteiger partial charge >= 0.3 is 0 Å². The van der Waals surface area contributed by atoms with Gasteiger partial charge in [-0.3, -0.25) is 9.59 Å². The van der Waals surface area contributed by atoms with E-state index in [1.807, 2.05) is 74.3 Å². The number of hydrogen-bond donors (Lipinski definition) is 1. The lowest BCUT2D eigenvalue weighted by molar-refractivity contribution is -0.141. The zero-order valence-electron chi connectivity index (χ0n) is 23.4. The van der Waals surface area contributed by atoms with Crippen molar-refractivity contribution in [2.45, 2.75) is 64.6 Å². The lowest BCUT2D eigenvalue weighted by Crippen LogP contribution is -2.45. The number of carbonyl (C=O) groups excluding carboxylic acids is 2. The zero-order valence-corrected chi connectivity index (χ0v) is 24.2. The van der Waals surface area contributed by atoms with Gasteiger partial charge in [-0.15, -0.1) is 11.3 Å². The van der Waals surface area contributed by atoms with E-state index in [9.17, 15) is 14.7 Å². The van der Waals surface area contributed by atoms with Gasteiger partial charge in [0.15, 0.2) is 5.78 Å². The Kier molecular flexibility index (Phi) is 8.28. The van der Waals surface area contributed by atoms with Gasteiger partial charge in [-0.05, 0) is 29.9 Å². The third-order valence-corrected chi connectivity index (χ3v) is 8.78. The highest BCUT2D eigenvalue weighted by Crippen LogP contribution is 2.32. The molecule has 1 aliphatic rings. The molecule has 1 fully saturated rings. The van der Waals surface area contributed by atoms with Crippen molar-refractivity contribution in [3.8, 4) is 21.7 Å². The summed E-state index contributed by atoms with van der Waals surface area (Å²) in [4.78, 5) is 39.1. The molecule has 7 nitrogen and oxygen atoms in total. The van der Waals surface area contributed by atoms with Gasteiger partial charge in [-0.25, -0.2) is 9.97 Å². The Bertz CT molecular complexity index is 1460. The normalized spacial score (nSPS) is 18.7.